The molecule has 3 heterocycles. The van der Waals surface area contributed by atoms with Crippen LogP contribution in [-0.2, 0) is 6.42 Å². The topological polar surface area (TPSA) is 44.9 Å². The van der Waals surface area contributed by atoms with E-state index in [1.165, 1.54) is 27.5 Å². The van der Waals surface area contributed by atoms with Crippen LogP contribution in [0.3, 0.4) is 0 Å². The van der Waals surface area contributed by atoms with Crippen molar-refractivity contribution in [3.63, 3.8) is 0 Å². The van der Waals surface area contributed by atoms with Crippen LogP contribution in [-0.4, -0.2) is 19.3 Å². The summed E-state index contributed by atoms with van der Waals surface area (Å²) >= 11 is 0. The number of aryl methyl sites for hydroxylation is 2. The summed E-state index contributed by atoms with van der Waals surface area (Å²) in [6.07, 6.45) is 2.86. The van der Waals surface area contributed by atoms with Gasteiger partial charge in [-0.2, -0.15) is 5.10 Å². The molecular weight excluding hydrogens is 576 g/mol. The van der Waals surface area contributed by atoms with Crippen LogP contribution in [0.5, 0.6) is 11.5 Å². The van der Waals surface area contributed by atoms with Crippen LogP contribution in [0.4, 0.5) is 0 Å². The number of fused-ring (bicyclic) bond motifs is 3. The van der Waals surface area contributed by atoms with Gasteiger partial charge in [0.25, 0.3) is 0 Å². The number of rotatable bonds is 7. The summed E-state index contributed by atoms with van der Waals surface area (Å²) in [5.74, 6) is 2.85. The molecule has 0 amide bonds. The van der Waals surface area contributed by atoms with Crippen LogP contribution in [0, 0.1) is 19.3 Å². The zero-order chi connectivity index (χ0) is 32.9. The van der Waals surface area contributed by atoms with Crippen molar-refractivity contribution in [2.24, 2.45) is 5.41 Å². The molecule has 0 aliphatic carbocycles. The van der Waals surface area contributed by atoms with Crippen molar-refractivity contribution in [1.29, 1.82) is 0 Å². The maximum absolute atomic E-state index is 6.57. The first-order valence-corrected chi connectivity index (χ1v) is 16.6. The number of hydrogen-bond acceptors (Lipinski definition) is 3. The number of ether oxygens (including phenoxy) is 1. The Bertz CT molecular complexity index is 2230. The lowest BCUT2D eigenvalue weighted by Gasteiger charge is -2.27. The maximum Gasteiger partial charge on any atom is 0.137 e. The lowest BCUT2D eigenvalue weighted by atomic mass is 9.77. The summed E-state index contributed by atoms with van der Waals surface area (Å²) in [5.41, 5.74) is 10.4. The van der Waals surface area contributed by atoms with E-state index in [1.807, 2.05) is 29.1 Å². The van der Waals surface area contributed by atoms with E-state index in [0.29, 0.717) is 5.92 Å². The molecular formula is C42H42N4O. The van der Waals surface area contributed by atoms with E-state index < -0.39 is 0 Å². The minimum absolute atomic E-state index is 0.162. The Kier molecular flexibility index (Phi) is 7.71. The van der Waals surface area contributed by atoms with E-state index in [-0.39, 0.29) is 5.41 Å². The van der Waals surface area contributed by atoms with E-state index in [1.54, 1.807) is 0 Å². The van der Waals surface area contributed by atoms with Crippen LogP contribution in [0.15, 0.2) is 109 Å². The fourth-order valence-corrected chi connectivity index (χ4v) is 6.63. The van der Waals surface area contributed by atoms with Crippen LogP contribution < -0.4 is 4.74 Å². The largest absolute Gasteiger partial charge is 0.457 e. The van der Waals surface area contributed by atoms with Gasteiger partial charge >= 0.3 is 0 Å². The van der Waals surface area contributed by atoms with E-state index in [9.17, 15) is 0 Å². The molecule has 0 spiro atoms. The second-order valence-corrected chi connectivity index (χ2v) is 13.7. The van der Waals surface area contributed by atoms with Gasteiger partial charge in [0.1, 0.15) is 17.3 Å². The monoisotopic (exact) mass is 618 g/mol. The Morgan fingerprint density at radius 1 is 0.766 bits per heavy atom. The number of benzene rings is 4. The Morgan fingerprint density at radius 3 is 2.32 bits per heavy atom. The first-order chi connectivity index (χ1) is 22.6. The summed E-state index contributed by atoms with van der Waals surface area (Å²) in [4.78, 5) is 4.84. The van der Waals surface area contributed by atoms with E-state index in [2.05, 4.69) is 138 Å². The number of pyridine rings is 1. The third-order valence-electron chi connectivity index (χ3n) is 9.66. The minimum Gasteiger partial charge on any atom is -0.457 e. The molecule has 4 aromatic carbocycles. The van der Waals surface area contributed by atoms with Crippen LogP contribution >= 0.6 is 0 Å². The van der Waals surface area contributed by atoms with Gasteiger partial charge in [-0.15, -0.1) is 0 Å². The van der Waals surface area contributed by atoms with Crippen LogP contribution in [0.2, 0.25) is 0 Å². The zero-order valence-corrected chi connectivity index (χ0v) is 28.4. The van der Waals surface area contributed by atoms with Crippen LogP contribution in [0.1, 0.15) is 63.1 Å². The SMILES string of the molecule is CCc1ccnc(-n2c3ccc(C(C)C(C)(C)C)cc3c3ccc(Oc4cccc(-n5nc(C)c(-c6ccccc6)c5C)c4)cc32)c1. The predicted molar refractivity (Wildman–Crippen MR) is 194 cm³/mol. The third-order valence-corrected chi connectivity index (χ3v) is 9.66. The fourth-order valence-electron chi connectivity index (χ4n) is 6.63. The molecule has 5 nitrogen and oxygen atoms in total. The summed E-state index contributed by atoms with van der Waals surface area (Å²) in [6, 6.07) is 36.2. The highest BCUT2D eigenvalue weighted by molar-refractivity contribution is 6.09. The second-order valence-electron chi connectivity index (χ2n) is 13.7. The average Bonchev–Trinajstić information content (AvgIpc) is 3.56. The Hall–Kier alpha value is -5.16. The average molecular weight is 619 g/mol. The molecule has 5 heteroatoms. The van der Waals surface area contributed by atoms with E-state index in [4.69, 9.17) is 14.8 Å². The summed E-state index contributed by atoms with van der Waals surface area (Å²) in [7, 11) is 0. The molecule has 0 bridgehead atoms. The van der Waals surface area contributed by atoms with Gasteiger partial charge < -0.3 is 4.74 Å². The second kappa shape index (κ2) is 11.9. The van der Waals surface area contributed by atoms with Gasteiger partial charge in [0, 0.05) is 40.4 Å². The maximum atomic E-state index is 6.57. The van der Waals surface area contributed by atoms with Gasteiger partial charge in [0.15, 0.2) is 0 Å². The van der Waals surface area contributed by atoms with Crippen molar-refractivity contribution in [3.05, 3.63) is 132 Å². The fraction of sp³-hybridized carbons (Fsp3) is 0.238. The Morgan fingerprint density at radius 2 is 1.55 bits per heavy atom. The Balaban J connectivity index is 1.31. The highest BCUT2D eigenvalue weighted by Crippen LogP contribution is 2.40. The summed E-state index contributed by atoms with van der Waals surface area (Å²) in [5, 5.41) is 7.33. The molecule has 1 atom stereocenters. The number of nitrogens with zero attached hydrogens (tertiary/aromatic N) is 4. The van der Waals surface area contributed by atoms with Crippen molar-refractivity contribution < 1.29 is 4.74 Å². The summed E-state index contributed by atoms with van der Waals surface area (Å²) < 4.78 is 10.9. The molecule has 7 rings (SSSR count). The molecule has 0 aliphatic rings. The third kappa shape index (κ3) is 5.61. The molecule has 7 aromatic rings. The standard InChI is InChI=1S/C42H42N4O/c1-8-30-21-22-43-40(23-30)45-38-20-17-32(27(2)42(5,6)7)24-37(38)36-19-18-35(26-39(36)45)47-34-16-12-15-33(25-34)46-29(4)41(28(3)44-46)31-13-10-9-11-14-31/h9-27H,8H2,1-7H3. The number of aromatic nitrogens is 4. The quantitative estimate of drug-likeness (QED) is 0.178. The molecule has 3 aromatic heterocycles. The zero-order valence-electron chi connectivity index (χ0n) is 28.4. The molecule has 1 unspecified atom stereocenters. The van der Waals surface area contributed by atoms with Crippen molar-refractivity contribution in [2.45, 2.75) is 60.8 Å². The van der Waals surface area contributed by atoms with E-state index >= 15 is 0 Å². The van der Waals surface area contributed by atoms with Gasteiger partial charge in [-0.25, -0.2) is 9.67 Å². The molecule has 0 saturated carbocycles. The van der Waals surface area contributed by atoms with E-state index in [0.717, 1.165) is 57.4 Å². The number of hydrogen-bond donors (Lipinski definition) is 0. The normalized spacial score (nSPS) is 12.6. The molecule has 0 saturated heterocycles. The first kappa shape index (κ1) is 30.5. The molecule has 0 N–H and O–H groups in total. The van der Waals surface area contributed by atoms with Crippen molar-refractivity contribution in [2.75, 3.05) is 0 Å². The highest BCUT2D eigenvalue weighted by atomic mass is 16.5. The van der Waals surface area contributed by atoms with Crippen molar-refractivity contribution >= 4 is 21.8 Å². The van der Waals surface area contributed by atoms with Gasteiger partial charge in [0.05, 0.1) is 22.4 Å². The smallest absolute Gasteiger partial charge is 0.137 e. The van der Waals surface area contributed by atoms with Gasteiger partial charge in [-0.1, -0.05) is 77.1 Å². The predicted octanol–water partition coefficient (Wildman–Crippen LogP) is 11.2. The molecule has 236 valence electrons. The highest BCUT2D eigenvalue weighted by Gasteiger charge is 2.23. The lowest BCUT2D eigenvalue weighted by Crippen LogP contribution is -2.15. The Labute approximate surface area is 277 Å². The van der Waals surface area contributed by atoms with Gasteiger partial charge in [-0.3, -0.25) is 4.57 Å². The van der Waals surface area contributed by atoms with Crippen LogP contribution in [0.25, 0.3) is 44.4 Å². The molecule has 0 fully saturated rings. The van der Waals surface area contributed by atoms with Gasteiger partial charge in [0.2, 0.25) is 0 Å². The minimum atomic E-state index is 0.162. The molecule has 0 radical (unpaired) electrons. The van der Waals surface area contributed by atoms with Crippen molar-refractivity contribution in [3.8, 4) is 34.1 Å². The molecule has 47 heavy (non-hydrogen) atoms. The van der Waals surface area contributed by atoms with Gasteiger partial charge in [-0.05, 0) is 96.8 Å². The molecule has 0 aliphatic heterocycles. The first-order valence-electron chi connectivity index (χ1n) is 16.6. The summed E-state index contributed by atoms with van der Waals surface area (Å²) in [6.45, 7) is 15.6. The van der Waals surface area contributed by atoms with Crippen molar-refractivity contribution in [1.82, 2.24) is 19.3 Å². The lowest BCUT2D eigenvalue weighted by molar-refractivity contribution is 0.340.